The highest BCUT2D eigenvalue weighted by molar-refractivity contribution is 5.88. The zero-order chi connectivity index (χ0) is 30.2. The van der Waals surface area contributed by atoms with Gasteiger partial charge < -0.3 is 10.6 Å². The van der Waals surface area contributed by atoms with Crippen molar-refractivity contribution in [3.63, 3.8) is 0 Å². The number of hydrogen-bond acceptors (Lipinski definition) is 3. The van der Waals surface area contributed by atoms with Gasteiger partial charge in [0.1, 0.15) is 5.82 Å². The van der Waals surface area contributed by atoms with E-state index in [4.69, 9.17) is 0 Å². The second kappa shape index (κ2) is 13.7. The van der Waals surface area contributed by atoms with Crippen LogP contribution in [0.15, 0.2) is 109 Å². The highest BCUT2D eigenvalue weighted by Crippen LogP contribution is 2.29. The molecular weight excluding hydrogens is 528 g/mol. The van der Waals surface area contributed by atoms with Crippen LogP contribution in [0, 0.1) is 5.82 Å². The van der Waals surface area contributed by atoms with Crippen molar-refractivity contribution in [2.75, 3.05) is 0 Å². The summed E-state index contributed by atoms with van der Waals surface area (Å²) >= 11 is 0. The second-order valence-corrected chi connectivity index (χ2v) is 9.48. The van der Waals surface area contributed by atoms with Crippen molar-refractivity contribution < 1.29 is 17.6 Å². The van der Waals surface area contributed by atoms with Crippen LogP contribution in [-0.4, -0.2) is 16.4 Å². The number of alkyl halides is 3. The zero-order valence-corrected chi connectivity index (χ0v) is 23.4. The number of nitrogens with zero attached hydrogens (tertiary/aromatic N) is 1. The molecule has 0 aliphatic carbocycles. The third kappa shape index (κ3) is 8.45. The fraction of sp³-hybridized carbons (Fsp3) is 0.182. The lowest BCUT2D eigenvalue weighted by Crippen LogP contribution is -2.22. The lowest BCUT2D eigenvalue weighted by Gasteiger charge is -2.21. The number of aromatic nitrogens is 2. The van der Waals surface area contributed by atoms with Crippen LogP contribution in [0.5, 0.6) is 0 Å². The van der Waals surface area contributed by atoms with E-state index in [0.717, 1.165) is 45.0 Å². The summed E-state index contributed by atoms with van der Waals surface area (Å²) in [6.45, 7) is 17.1. The van der Waals surface area contributed by atoms with E-state index in [-0.39, 0.29) is 23.1 Å². The quantitative estimate of drug-likeness (QED) is 0.179. The number of nitrogens with one attached hydrogen (secondary N) is 3. The van der Waals surface area contributed by atoms with Crippen LogP contribution in [0.4, 0.5) is 17.6 Å². The molecule has 0 fully saturated rings. The van der Waals surface area contributed by atoms with E-state index >= 15 is 0 Å². The van der Waals surface area contributed by atoms with Crippen molar-refractivity contribution in [2.45, 2.75) is 39.5 Å². The first-order valence-electron chi connectivity index (χ1n) is 13.0. The van der Waals surface area contributed by atoms with Gasteiger partial charge in [-0.15, -0.1) is 0 Å². The van der Waals surface area contributed by atoms with Gasteiger partial charge in [0, 0.05) is 34.8 Å². The Labute approximate surface area is 237 Å². The van der Waals surface area contributed by atoms with Crippen molar-refractivity contribution in [1.82, 2.24) is 20.8 Å². The minimum Gasteiger partial charge on any atom is -0.384 e. The van der Waals surface area contributed by atoms with E-state index in [1.807, 2.05) is 50.3 Å². The minimum absolute atomic E-state index is 0.248. The molecule has 0 aliphatic heterocycles. The van der Waals surface area contributed by atoms with Crippen LogP contribution in [0.1, 0.15) is 43.5 Å². The van der Waals surface area contributed by atoms with Gasteiger partial charge in [0.15, 0.2) is 0 Å². The average molecular weight is 563 g/mol. The molecule has 0 saturated heterocycles. The molecule has 1 unspecified atom stereocenters. The Morgan fingerprint density at radius 1 is 1.10 bits per heavy atom. The van der Waals surface area contributed by atoms with E-state index in [2.05, 4.69) is 40.6 Å². The molecule has 3 rings (SSSR count). The third-order valence-electron chi connectivity index (χ3n) is 6.56. The molecule has 0 saturated carbocycles. The summed E-state index contributed by atoms with van der Waals surface area (Å²) in [4.78, 5) is 0. The van der Waals surface area contributed by atoms with Gasteiger partial charge in [0.05, 0.1) is 17.1 Å². The summed E-state index contributed by atoms with van der Waals surface area (Å²) in [5.74, 6) is -0.373. The molecule has 0 spiro atoms. The second-order valence-electron chi connectivity index (χ2n) is 9.48. The SMILES string of the molecule is C=C/C(=C\C(C(=C)NC(C)c1ccc(F)cc1)=C(/C)NCc1ccc(C(/C=c2/cn[nH]c2=C)=C/C)cc1)C(F)(F)F. The van der Waals surface area contributed by atoms with E-state index in [1.165, 1.54) is 12.1 Å². The first kappa shape index (κ1) is 30.9. The van der Waals surface area contributed by atoms with Gasteiger partial charge in [0.25, 0.3) is 0 Å². The number of benzene rings is 2. The molecule has 0 amide bonds. The van der Waals surface area contributed by atoms with E-state index < -0.39 is 11.7 Å². The van der Waals surface area contributed by atoms with Gasteiger partial charge in [-0.2, -0.15) is 18.3 Å². The Morgan fingerprint density at radius 2 is 1.76 bits per heavy atom. The van der Waals surface area contributed by atoms with E-state index in [9.17, 15) is 17.6 Å². The van der Waals surface area contributed by atoms with Gasteiger partial charge in [-0.3, -0.25) is 5.10 Å². The molecule has 41 heavy (non-hydrogen) atoms. The average Bonchev–Trinajstić information content (AvgIpc) is 3.34. The minimum atomic E-state index is -4.58. The van der Waals surface area contributed by atoms with Gasteiger partial charge in [-0.25, -0.2) is 4.39 Å². The maximum absolute atomic E-state index is 13.6. The molecule has 8 heteroatoms. The number of allylic oxidation sites excluding steroid dienone is 6. The van der Waals surface area contributed by atoms with Crippen molar-refractivity contribution in [3.05, 3.63) is 142 Å². The van der Waals surface area contributed by atoms with Gasteiger partial charge in [-0.1, -0.05) is 68.3 Å². The highest BCUT2D eigenvalue weighted by Gasteiger charge is 2.32. The van der Waals surface area contributed by atoms with Crippen LogP contribution in [-0.2, 0) is 6.54 Å². The van der Waals surface area contributed by atoms with Crippen molar-refractivity contribution in [3.8, 4) is 0 Å². The Balaban J connectivity index is 1.84. The molecule has 214 valence electrons. The van der Waals surface area contributed by atoms with Crippen LogP contribution in [0.3, 0.4) is 0 Å². The lowest BCUT2D eigenvalue weighted by atomic mass is 10.0. The molecule has 0 radical (unpaired) electrons. The van der Waals surface area contributed by atoms with Crippen LogP contribution >= 0.6 is 0 Å². The molecule has 2 aromatic carbocycles. The molecule has 1 atom stereocenters. The molecule has 3 aromatic rings. The first-order chi connectivity index (χ1) is 19.4. The number of rotatable bonds is 11. The maximum atomic E-state index is 13.6. The number of H-pyrrole nitrogens is 1. The number of hydrogen-bond donors (Lipinski definition) is 3. The summed E-state index contributed by atoms with van der Waals surface area (Å²) < 4.78 is 54.2. The Bertz CT molecular complexity index is 1570. The Morgan fingerprint density at radius 3 is 2.29 bits per heavy atom. The van der Waals surface area contributed by atoms with Crippen LogP contribution < -0.4 is 21.2 Å². The van der Waals surface area contributed by atoms with Crippen LogP contribution in [0.25, 0.3) is 18.2 Å². The number of aromatic amines is 1. The maximum Gasteiger partial charge on any atom is 0.416 e. The van der Waals surface area contributed by atoms with Crippen molar-refractivity contribution in [2.24, 2.45) is 0 Å². The Hall–Kier alpha value is -4.59. The summed E-state index contributed by atoms with van der Waals surface area (Å²) in [6.07, 6.45) is 2.91. The van der Waals surface area contributed by atoms with Crippen molar-refractivity contribution in [1.29, 1.82) is 0 Å². The van der Waals surface area contributed by atoms with Gasteiger partial charge >= 0.3 is 6.18 Å². The molecule has 0 aliphatic rings. The molecular formula is C33H34F4N4. The first-order valence-corrected chi connectivity index (χ1v) is 13.0. The molecule has 1 heterocycles. The van der Waals surface area contributed by atoms with E-state index in [0.29, 0.717) is 12.2 Å². The Kier molecular flexibility index (Phi) is 10.3. The fourth-order valence-corrected chi connectivity index (χ4v) is 4.10. The van der Waals surface area contributed by atoms with Gasteiger partial charge in [0.2, 0.25) is 0 Å². The third-order valence-corrected chi connectivity index (χ3v) is 6.56. The lowest BCUT2D eigenvalue weighted by molar-refractivity contribution is -0.0881. The predicted molar refractivity (Wildman–Crippen MR) is 159 cm³/mol. The summed E-state index contributed by atoms with van der Waals surface area (Å²) in [7, 11) is 0. The van der Waals surface area contributed by atoms with Crippen LogP contribution in [0.2, 0.25) is 0 Å². The highest BCUT2D eigenvalue weighted by atomic mass is 19.4. The van der Waals surface area contributed by atoms with Crippen molar-refractivity contribution >= 4 is 18.2 Å². The van der Waals surface area contributed by atoms with E-state index in [1.54, 1.807) is 25.3 Å². The smallest absolute Gasteiger partial charge is 0.384 e. The fourth-order valence-electron chi connectivity index (χ4n) is 4.10. The standard InChI is InChI=1S/C33H34F4N4/c1-7-26(17-29-20-39-41-22(29)4)28-11-9-25(10-12-28)19-38-23(5)32(18-30(8-2)33(35,36)37)24(6)40-21(3)27-13-15-31(34)16-14-27/h7-18,20-21,38,40-41H,2,4,6,19H2,1,3,5H3/b26-7+,29-17-,30-18+,32-23-. The molecule has 3 N–H and O–H groups in total. The number of halogens is 4. The molecule has 1 aromatic heterocycles. The topological polar surface area (TPSA) is 52.7 Å². The predicted octanol–water partition coefficient (Wildman–Crippen LogP) is 6.75. The monoisotopic (exact) mass is 562 g/mol. The summed E-state index contributed by atoms with van der Waals surface area (Å²) in [5.41, 5.74) is 3.83. The normalized spacial score (nSPS) is 14.4. The van der Waals surface area contributed by atoms with Gasteiger partial charge in [-0.05, 0) is 67.3 Å². The summed E-state index contributed by atoms with van der Waals surface area (Å²) in [6, 6.07) is 13.4. The largest absolute Gasteiger partial charge is 0.416 e. The molecule has 4 nitrogen and oxygen atoms in total. The molecule has 0 bridgehead atoms. The summed E-state index contributed by atoms with van der Waals surface area (Å²) in [5, 5.41) is 14.8. The zero-order valence-electron chi connectivity index (χ0n) is 23.4.